The zero-order valence-electron chi connectivity index (χ0n) is 16.7. The molecule has 0 unspecified atom stereocenters. The van der Waals surface area contributed by atoms with Crippen LogP contribution in [0.25, 0.3) is 16.9 Å². The van der Waals surface area contributed by atoms with Gasteiger partial charge in [0.05, 0.1) is 11.3 Å². The number of carbonyl (C=O) groups is 1. The monoisotopic (exact) mass is 425 g/mol. The standard InChI is InChI=1S/C22H18F3N5O/c1-29(2)20-13-19-26-10-9-18(30(19)28-20)14-5-4-8-17(12-14)27-21(31)15-6-3-7-16(11-15)22(23,24)25/h3-13H,1-2H3,(H,27,31). The Morgan fingerprint density at radius 1 is 1.03 bits per heavy atom. The van der Waals surface area contributed by atoms with Crippen LogP contribution in [0.1, 0.15) is 15.9 Å². The molecule has 0 saturated carbocycles. The van der Waals surface area contributed by atoms with Crippen molar-refractivity contribution in [2.24, 2.45) is 0 Å². The topological polar surface area (TPSA) is 62.5 Å². The predicted octanol–water partition coefficient (Wildman–Crippen LogP) is 4.73. The van der Waals surface area contributed by atoms with Crippen molar-refractivity contribution in [3.8, 4) is 11.3 Å². The molecule has 2 heterocycles. The van der Waals surface area contributed by atoms with Gasteiger partial charge in [0.25, 0.3) is 5.91 Å². The van der Waals surface area contributed by atoms with Gasteiger partial charge in [0, 0.05) is 43.2 Å². The summed E-state index contributed by atoms with van der Waals surface area (Å²) in [6, 6.07) is 15.0. The Morgan fingerprint density at radius 2 is 1.81 bits per heavy atom. The minimum absolute atomic E-state index is 0.0748. The van der Waals surface area contributed by atoms with Gasteiger partial charge in [-0.25, -0.2) is 9.50 Å². The molecular formula is C22H18F3N5O. The highest BCUT2D eigenvalue weighted by molar-refractivity contribution is 6.04. The number of hydrogen-bond acceptors (Lipinski definition) is 4. The van der Waals surface area contributed by atoms with E-state index in [1.807, 2.05) is 31.1 Å². The van der Waals surface area contributed by atoms with Crippen LogP contribution in [0.3, 0.4) is 0 Å². The molecular weight excluding hydrogens is 407 g/mol. The maximum absolute atomic E-state index is 12.9. The smallest absolute Gasteiger partial charge is 0.361 e. The van der Waals surface area contributed by atoms with Crippen LogP contribution in [0, 0.1) is 0 Å². The van der Waals surface area contributed by atoms with Gasteiger partial charge >= 0.3 is 6.18 Å². The van der Waals surface area contributed by atoms with Crippen molar-refractivity contribution in [2.75, 3.05) is 24.3 Å². The van der Waals surface area contributed by atoms with Crippen molar-refractivity contribution < 1.29 is 18.0 Å². The van der Waals surface area contributed by atoms with Crippen LogP contribution in [0.5, 0.6) is 0 Å². The van der Waals surface area contributed by atoms with Crippen LogP contribution in [-0.2, 0) is 6.18 Å². The molecule has 0 aliphatic heterocycles. The average molecular weight is 425 g/mol. The summed E-state index contributed by atoms with van der Waals surface area (Å²) in [7, 11) is 3.76. The summed E-state index contributed by atoms with van der Waals surface area (Å²) in [6.45, 7) is 0. The number of anilines is 2. The second kappa shape index (κ2) is 7.75. The number of benzene rings is 2. The van der Waals surface area contributed by atoms with E-state index in [0.717, 1.165) is 29.2 Å². The summed E-state index contributed by atoms with van der Waals surface area (Å²) in [6.07, 6.45) is -2.85. The summed E-state index contributed by atoms with van der Waals surface area (Å²) in [5, 5.41) is 7.20. The summed E-state index contributed by atoms with van der Waals surface area (Å²) < 4.78 is 40.5. The molecule has 0 fully saturated rings. The summed E-state index contributed by atoms with van der Waals surface area (Å²) in [4.78, 5) is 18.7. The molecule has 0 spiro atoms. The molecule has 2 aromatic heterocycles. The Balaban J connectivity index is 1.64. The molecule has 1 amide bonds. The fourth-order valence-electron chi connectivity index (χ4n) is 3.12. The molecule has 6 nitrogen and oxygen atoms in total. The molecule has 0 saturated heterocycles. The second-order valence-corrected chi connectivity index (χ2v) is 7.11. The summed E-state index contributed by atoms with van der Waals surface area (Å²) in [5.41, 5.74) is 1.69. The van der Waals surface area contributed by atoms with Crippen molar-refractivity contribution in [3.63, 3.8) is 0 Å². The van der Waals surface area contributed by atoms with Gasteiger partial charge in [0.15, 0.2) is 11.5 Å². The first-order valence-corrected chi connectivity index (χ1v) is 9.33. The molecule has 0 atom stereocenters. The van der Waals surface area contributed by atoms with Gasteiger partial charge < -0.3 is 10.2 Å². The van der Waals surface area contributed by atoms with Crippen molar-refractivity contribution in [2.45, 2.75) is 6.18 Å². The minimum atomic E-state index is -4.52. The number of alkyl halides is 3. The van der Waals surface area contributed by atoms with E-state index < -0.39 is 17.6 Å². The molecule has 31 heavy (non-hydrogen) atoms. The molecule has 4 aromatic rings. The highest BCUT2D eigenvalue weighted by atomic mass is 19.4. The third-order valence-electron chi connectivity index (χ3n) is 4.67. The van der Waals surface area contributed by atoms with E-state index in [9.17, 15) is 18.0 Å². The Hall–Kier alpha value is -3.88. The quantitative estimate of drug-likeness (QED) is 0.513. The number of halogens is 3. The number of fused-ring (bicyclic) bond motifs is 1. The highest BCUT2D eigenvalue weighted by Gasteiger charge is 2.30. The maximum Gasteiger partial charge on any atom is 0.416 e. The number of amides is 1. The zero-order chi connectivity index (χ0) is 22.2. The molecule has 0 radical (unpaired) electrons. The first-order chi connectivity index (χ1) is 14.7. The molecule has 0 aliphatic carbocycles. The first-order valence-electron chi connectivity index (χ1n) is 9.33. The number of rotatable bonds is 4. The number of hydrogen-bond donors (Lipinski definition) is 1. The third kappa shape index (κ3) is 4.20. The molecule has 4 rings (SSSR count). The van der Waals surface area contributed by atoms with Gasteiger partial charge in [-0.1, -0.05) is 18.2 Å². The van der Waals surface area contributed by atoms with Gasteiger partial charge in [0.2, 0.25) is 0 Å². The fourth-order valence-corrected chi connectivity index (χ4v) is 3.12. The molecule has 2 aromatic carbocycles. The Labute approximate surface area is 175 Å². The third-order valence-corrected chi connectivity index (χ3v) is 4.67. The van der Waals surface area contributed by atoms with Crippen LogP contribution < -0.4 is 10.2 Å². The molecule has 158 valence electrons. The largest absolute Gasteiger partial charge is 0.416 e. The average Bonchev–Trinajstić information content (AvgIpc) is 3.18. The lowest BCUT2D eigenvalue weighted by atomic mass is 10.1. The van der Waals surface area contributed by atoms with Crippen molar-refractivity contribution in [3.05, 3.63) is 78.0 Å². The van der Waals surface area contributed by atoms with E-state index in [1.54, 1.807) is 35.0 Å². The molecule has 9 heteroatoms. The van der Waals surface area contributed by atoms with E-state index in [2.05, 4.69) is 15.4 Å². The van der Waals surface area contributed by atoms with Crippen LogP contribution >= 0.6 is 0 Å². The van der Waals surface area contributed by atoms with Crippen LogP contribution in [0.15, 0.2) is 66.9 Å². The Bertz CT molecular complexity index is 1260. The lowest BCUT2D eigenvalue weighted by Gasteiger charge is -2.11. The van der Waals surface area contributed by atoms with Crippen LogP contribution in [-0.4, -0.2) is 34.6 Å². The van der Waals surface area contributed by atoms with E-state index in [0.29, 0.717) is 11.3 Å². The number of carbonyl (C=O) groups excluding carboxylic acids is 1. The van der Waals surface area contributed by atoms with Gasteiger partial charge in [-0.05, 0) is 36.4 Å². The SMILES string of the molecule is CN(C)c1cc2nccc(-c3cccc(NC(=O)c4cccc(C(F)(F)F)c4)c3)n2n1. The van der Waals surface area contributed by atoms with Crippen molar-refractivity contribution >= 4 is 23.1 Å². The molecule has 0 bridgehead atoms. The molecule has 1 N–H and O–H groups in total. The normalized spacial score (nSPS) is 11.5. The van der Waals surface area contributed by atoms with Crippen LogP contribution in [0.2, 0.25) is 0 Å². The van der Waals surface area contributed by atoms with Gasteiger partial charge in [-0.15, -0.1) is 5.10 Å². The molecule has 0 aliphatic rings. The van der Waals surface area contributed by atoms with Crippen molar-refractivity contribution in [1.29, 1.82) is 0 Å². The van der Waals surface area contributed by atoms with E-state index >= 15 is 0 Å². The Kier molecular flexibility index (Phi) is 5.10. The lowest BCUT2D eigenvalue weighted by molar-refractivity contribution is -0.137. The van der Waals surface area contributed by atoms with Gasteiger partial charge in [0.1, 0.15) is 0 Å². The summed E-state index contributed by atoms with van der Waals surface area (Å²) in [5.74, 6) is 0.117. The first kappa shape index (κ1) is 20.4. The van der Waals surface area contributed by atoms with Crippen LogP contribution in [0.4, 0.5) is 24.7 Å². The van der Waals surface area contributed by atoms with Gasteiger partial charge in [-0.3, -0.25) is 4.79 Å². The highest BCUT2D eigenvalue weighted by Crippen LogP contribution is 2.30. The maximum atomic E-state index is 12.9. The van der Waals surface area contributed by atoms with Crippen molar-refractivity contribution in [1.82, 2.24) is 14.6 Å². The number of nitrogens with zero attached hydrogens (tertiary/aromatic N) is 4. The number of aromatic nitrogens is 3. The predicted molar refractivity (Wildman–Crippen MR) is 112 cm³/mol. The minimum Gasteiger partial charge on any atom is -0.361 e. The summed E-state index contributed by atoms with van der Waals surface area (Å²) >= 11 is 0. The lowest BCUT2D eigenvalue weighted by Crippen LogP contribution is -2.14. The zero-order valence-corrected chi connectivity index (χ0v) is 16.7. The second-order valence-electron chi connectivity index (χ2n) is 7.11. The fraction of sp³-hybridized carbons (Fsp3) is 0.136. The van der Waals surface area contributed by atoms with Gasteiger partial charge in [-0.2, -0.15) is 13.2 Å². The Morgan fingerprint density at radius 3 is 2.55 bits per heavy atom. The number of nitrogens with one attached hydrogen (secondary N) is 1. The van der Waals surface area contributed by atoms with E-state index in [4.69, 9.17) is 0 Å². The van der Waals surface area contributed by atoms with E-state index in [1.165, 1.54) is 12.1 Å². The van der Waals surface area contributed by atoms with E-state index in [-0.39, 0.29) is 5.56 Å².